The zero-order valence-electron chi connectivity index (χ0n) is 25.7. The molecule has 2 unspecified atom stereocenters. The van der Waals surface area contributed by atoms with E-state index in [9.17, 15) is 24.2 Å². The third kappa shape index (κ3) is 29.8. The van der Waals surface area contributed by atoms with Crippen molar-refractivity contribution in [1.29, 1.82) is 0 Å². The SMILES string of the molecule is CCCCC/C=C\C/C=C\CCCCCCCCCC(=O)OCC(O)COP(=O)(O)OCCNC(=O)CCCCC. The van der Waals surface area contributed by atoms with Crippen molar-refractivity contribution in [1.82, 2.24) is 5.32 Å². The first-order valence-corrected chi connectivity index (χ1v) is 17.3. The third-order valence-corrected chi connectivity index (χ3v) is 7.37. The molecule has 1 amide bonds. The quantitative estimate of drug-likeness (QED) is 0.0351. The molecule has 3 N–H and O–H groups in total. The van der Waals surface area contributed by atoms with Gasteiger partial charge in [-0.25, -0.2) is 4.57 Å². The predicted molar refractivity (Wildman–Crippen MR) is 164 cm³/mol. The number of hydrogen-bond donors (Lipinski definition) is 3. The maximum Gasteiger partial charge on any atom is 0.472 e. The average Bonchev–Trinajstić information content (AvgIpc) is 2.95. The van der Waals surface area contributed by atoms with Crippen LogP contribution >= 0.6 is 7.82 Å². The van der Waals surface area contributed by atoms with Crippen LogP contribution in [0.15, 0.2) is 24.3 Å². The van der Waals surface area contributed by atoms with Gasteiger partial charge in [0.1, 0.15) is 12.7 Å². The van der Waals surface area contributed by atoms with Crippen LogP contribution in [0, 0.1) is 0 Å². The summed E-state index contributed by atoms with van der Waals surface area (Å²) in [6, 6.07) is 0. The minimum absolute atomic E-state index is 0.0776. The van der Waals surface area contributed by atoms with Crippen LogP contribution in [0.2, 0.25) is 0 Å². The number of esters is 1. The van der Waals surface area contributed by atoms with Crippen LogP contribution in [-0.4, -0.2) is 54.3 Å². The molecule has 240 valence electrons. The Balaban J connectivity index is 3.62. The lowest BCUT2D eigenvalue weighted by Gasteiger charge is -2.15. The number of carbonyl (C=O) groups excluding carboxylic acids is 2. The summed E-state index contributed by atoms with van der Waals surface area (Å²) in [6.07, 6.45) is 26.1. The van der Waals surface area contributed by atoms with Gasteiger partial charge in [0.2, 0.25) is 5.91 Å². The number of phosphoric acid groups is 1. The molecule has 0 bridgehead atoms. The Morgan fingerprint density at radius 1 is 0.756 bits per heavy atom. The monoisotopic (exact) mass is 603 g/mol. The number of hydrogen-bond acceptors (Lipinski definition) is 7. The van der Waals surface area contributed by atoms with E-state index in [0.29, 0.717) is 6.42 Å². The Morgan fingerprint density at radius 3 is 1.98 bits per heavy atom. The zero-order chi connectivity index (χ0) is 30.4. The second-order valence-electron chi connectivity index (χ2n) is 10.4. The number of phosphoric ester groups is 1. The molecule has 0 aromatic rings. The molecule has 0 rings (SSSR count). The lowest BCUT2D eigenvalue weighted by atomic mass is 10.1. The zero-order valence-corrected chi connectivity index (χ0v) is 26.6. The molecule has 0 aliphatic rings. The second-order valence-corrected chi connectivity index (χ2v) is 11.9. The molecule has 0 aromatic carbocycles. The fourth-order valence-electron chi connectivity index (χ4n) is 3.94. The molecule has 10 heteroatoms. The number of aliphatic hydroxyl groups excluding tert-OH is 1. The van der Waals surface area contributed by atoms with Crippen LogP contribution < -0.4 is 5.32 Å². The van der Waals surface area contributed by atoms with Gasteiger partial charge in [-0.05, 0) is 44.9 Å². The minimum Gasteiger partial charge on any atom is -0.463 e. The van der Waals surface area contributed by atoms with E-state index in [1.165, 1.54) is 44.9 Å². The van der Waals surface area contributed by atoms with Gasteiger partial charge in [0.15, 0.2) is 0 Å². The maximum absolute atomic E-state index is 11.9. The van der Waals surface area contributed by atoms with Crippen molar-refractivity contribution >= 4 is 19.7 Å². The van der Waals surface area contributed by atoms with Crippen LogP contribution in [0.5, 0.6) is 0 Å². The standard InChI is InChI=1S/C31H58NO8P/c1-3-5-7-8-9-10-11-12-13-14-15-16-17-18-19-20-22-24-31(35)38-27-29(33)28-40-41(36,37)39-26-25-32-30(34)23-21-6-4-2/h9-10,12-13,29,33H,3-8,11,14-28H2,1-2H3,(H,32,34)(H,36,37)/b10-9-,13-12-. The second kappa shape index (κ2) is 28.6. The Kier molecular flexibility index (Phi) is 27.5. The molecule has 41 heavy (non-hydrogen) atoms. The Bertz CT molecular complexity index is 744. The molecule has 9 nitrogen and oxygen atoms in total. The topological polar surface area (TPSA) is 131 Å². The highest BCUT2D eigenvalue weighted by Crippen LogP contribution is 2.42. The summed E-state index contributed by atoms with van der Waals surface area (Å²) >= 11 is 0. The van der Waals surface area contributed by atoms with E-state index in [-0.39, 0.29) is 32.1 Å². The largest absolute Gasteiger partial charge is 0.472 e. The molecule has 0 spiro atoms. The lowest BCUT2D eigenvalue weighted by molar-refractivity contribution is -0.147. The van der Waals surface area contributed by atoms with Crippen molar-refractivity contribution in [2.24, 2.45) is 0 Å². The molecule has 0 fully saturated rings. The number of allylic oxidation sites excluding steroid dienone is 4. The van der Waals surface area contributed by atoms with Crippen LogP contribution in [0.3, 0.4) is 0 Å². The molecule has 0 saturated heterocycles. The highest BCUT2D eigenvalue weighted by molar-refractivity contribution is 7.47. The van der Waals surface area contributed by atoms with Gasteiger partial charge in [-0.2, -0.15) is 0 Å². The first-order valence-electron chi connectivity index (χ1n) is 15.8. The first-order chi connectivity index (χ1) is 19.8. The van der Waals surface area contributed by atoms with Gasteiger partial charge in [-0.3, -0.25) is 18.6 Å². The first kappa shape index (κ1) is 39.5. The van der Waals surface area contributed by atoms with Crippen molar-refractivity contribution in [3.63, 3.8) is 0 Å². The molecule has 0 heterocycles. The van der Waals surface area contributed by atoms with Crippen molar-refractivity contribution in [2.45, 2.75) is 136 Å². The van der Waals surface area contributed by atoms with Gasteiger partial charge in [-0.15, -0.1) is 0 Å². The highest BCUT2D eigenvalue weighted by Gasteiger charge is 2.23. The van der Waals surface area contributed by atoms with E-state index in [1.807, 2.05) is 6.92 Å². The summed E-state index contributed by atoms with van der Waals surface area (Å²) in [4.78, 5) is 33.1. The van der Waals surface area contributed by atoms with Gasteiger partial charge in [0.05, 0.1) is 13.2 Å². The summed E-state index contributed by atoms with van der Waals surface area (Å²) in [7, 11) is -4.39. The van der Waals surface area contributed by atoms with Crippen LogP contribution in [0.25, 0.3) is 0 Å². The summed E-state index contributed by atoms with van der Waals surface area (Å²) < 4.78 is 26.4. The van der Waals surface area contributed by atoms with Gasteiger partial charge >= 0.3 is 13.8 Å². The number of rotatable bonds is 29. The molecular weight excluding hydrogens is 545 g/mol. The van der Waals surface area contributed by atoms with Crippen molar-refractivity contribution < 1.29 is 37.9 Å². The van der Waals surface area contributed by atoms with Gasteiger partial charge in [0.25, 0.3) is 0 Å². The number of unbranched alkanes of at least 4 members (excludes halogenated alkanes) is 12. The Labute approximate surface area is 249 Å². The highest BCUT2D eigenvalue weighted by atomic mass is 31.2. The van der Waals surface area contributed by atoms with Crippen molar-refractivity contribution in [3.8, 4) is 0 Å². The van der Waals surface area contributed by atoms with Gasteiger partial charge in [-0.1, -0.05) is 95.9 Å². The van der Waals surface area contributed by atoms with E-state index < -0.39 is 26.5 Å². The smallest absolute Gasteiger partial charge is 0.463 e. The van der Waals surface area contributed by atoms with Crippen molar-refractivity contribution in [3.05, 3.63) is 24.3 Å². The molecule has 0 aromatic heterocycles. The fourth-order valence-corrected chi connectivity index (χ4v) is 4.69. The van der Waals surface area contributed by atoms with E-state index >= 15 is 0 Å². The molecule has 0 radical (unpaired) electrons. The lowest BCUT2D eigenvalue weighted by Crippen LogP contribution is -2.27. The normalized spacial score (nSPS) is 14.0. The van der Waals surface area contributed by atoms with E-state index in [1.54, 1.807) is 0 Å². The van der Waals surface area contributed by atoms with E-state index in [2.05, 4.69) is 36.5 Å². The number of nitrogens with one attached hydrogen (secondary N) is 1. The van der Waals surface area contributed by atoms with E-state index in [0.717, 1.165) is 57.8 Å². The summed E-state index contributed by atoms with van der Waals surface area (Å²) in [5.41, 5.74) is 0. The van der Waals surface area contributed by atoms with Crippen molar-refractivity contribution in [2.75, 3.05) is 26.4 Å². The Morgan fingerprint density at radius 2 is 1.32 bits per heavy atom. The molecule has 0 aliphatic carbocycles. The Hall–Kier alpha value is -1.51. The average molecular weight is 604 g/mol. The fraction of sp³-hybridized carbons (Fsp3) is 0.806. The predicted octanol–water partition coefficient (Wildman–Crippen LogP) is 7.31. The third-order valence-electron chi connectivity index (χ3n) is 6.38. The minimum atomic E-state index is -4.39. The molecule has 2 atom stereocenters. The maximum atomic E-state index is 11.9. The van der Waals surface area contributed by atoms with Crippen LogP contribution in [0.1, 0.15) is 129 Å². The number of aliphatic hydroxyl groups is 1. The summed E-state index contributed by atoms with van der Waals surface area (Å²) in [6.45, 7) is 3.31. The number of carbonyl (C=O) groups is 2. The number of amides is 1. The van der Waals surface area contributed by atoms with Crippen LogP contribution in [0.4, 0.5) is 0 Å². The van der Waals surface area contributed by atoms with Gasteiger partial charge < -0.3 is 20.1 Å². The summed E-state index contributed by atoms with van der Waals surface area (Å²) in [5.74, 6) is -0.552. The van der Waals surface area contributed by atoms with Crippen LogP contribution in [-0.2, 0) is 27.9 Å². The molecule has 0 aliphatic heterocycles. The van der Waals surface area contributed by atoms with E-state index in [4.69, 9.17) is 13.8 Å². The molecule has 0 saturated carbocycles. The number of ether oxygens (including phenoxy) is 1. The van der Waals surface area contributed by atoms with Gasteiger partial charge in [0, 0.05) is 19.4 Å². The molecular formula is C31H58NO8P. The summed E-state index contributed by atoms with van der Waals surface area (Å²) in [5, 5.41) is 12.5.